The summed E-state index contributed by atoms with van der Waals surface area (Å²) in [6.07, 6.45) is 8.77. The summed E-state index contributed by atoms with van der Waals surface area (Å²) >= 11 is 0. The van der Waals surface area contributed by atoms with Crippen molar-refractivity contribution in [1.82, 2.24) is 5.32 Å². The molecule has 0 aromatic rings. The van der Waals surface area contributed by atoms with Crippen LogP contribution in [0.2, 0.25) is 0 Å². The second kappa shape index (κ2) is 7.32. The first-order valence-electron chi connectivity index (χ1n) is 7.33. The van der Waals surface area contributed by atoms with Gasteiger partial charge in [-0.25, -0.2) is 0 Å². The van der Waals surface area contributed by atoms with Crippen LogP contribution < -0.4 is 5.32 Å². The molecule has 1 nitrogen and oxygen atoms in total. The van der Waals surface area contributed by atoms with Crippen molar-refractivity contribution in [3.8, 4) is 0 Å². The van der Waals surface area contributed by atoms with Crippen molar-refractivity contribution in [3.05, 3.63) is 0 Å². The highest BCUT2D eigenvalue weighted by Crippen LogP contribution is 2.34. The maximum Gasteiger partial charge on any atom is 0.00104 e. The maximum atomic E-state index is 3.65. The van der Waals surface area contributed by atoms with E-state index in [0.29, 0.717) is 6.04 Å². The van der Waals surface area contributed by atoms with Crippen molar-refractivity contribution in [2.75, 3.05) is 6.54 Å². The molecule has 96 valence electrons. The van der Waals surface area contributed by atoms with Crippen LogP contribution in [0.4, 0.5) is 0 Å². The van der Waals surface area contributed by atoms with E-state index in [-0.39, 0.29) is 0 Å². The van der Waals surface area contributed by atoms with E-state index in [9.17, 15) is 0 Å². The van der Waals surface area contributed by atoms with Crippen LogP contribution in [-0.4, -0.2) is 12.6 Å². The first kappa shape index (κ1) is 14.0. The molecule has 0 saturated heterocycles. The van der Waals surface area contributed by atoms with E-state index in [1.807, 2.05) is 0 Å². The van der Waals surface area contributed by atoms with E-state index >= 15 is 0 Å². The standard InChI is InChI=1S/C15H31N/c1-12(2)9-10-15(11-16-13(3)4)14-7-5-6-8-14/h12-16H,5-11H2,1-4H3. The molecule has 0 spiro atoms. The van der Waals surface area contributed by atoms with Crippen LogP contribution in [0.1, 0.15) is 66.2 Å². The van der Waals surface area contributed by atoms with Crippen molar-refractivity contribution >= 4 is 0 Å². The van der Waals surface area contributed by atoms with Crippen LogP contribution in [0.5, 0.6) is 0 Å². The van der Waals surface area contributed by atoms with Gasteiger partial charge in [-0.3, -0.25) is 0 Å². The molecular weight excluding hydrogens is 194 g/mol. The van der Waals surface area contributed by atoms with Gasteiger partial charge in [0.25, 0.3) is 0 Å². The fourth-order valence-corrected chi connectivity index (χ4v) is 2.87. The van der Waals surface area contributed by atoms with Crippen LogP contribution >= 0.6 is 0 Å². The van der Waals surface area contributed by atoms with Gasteiger partial charge in [0.1, 0.15) is 0 Å². The minimum atomic E-state index is 0.642. The fraction of sp³-hybridized carbons (Fsp3) is 1.00. The molecule has 0 aliphatic heterocycles. The molecule has 1 atom stereocenters. The molecule has 0 aromatic heterocycles. The minimum Gasteiger partial charge on any atom is -0.314 e. The number of hydrogen-bond donors (Lipinski definition) is 1. The predicted octanol–water partition coefficient (Wildman–Crippen LogP) is 4.23. The first-order valence-corrected chi connectivity index (χ1v) is 7.33. The lowest BCUT2D eigenvalue weighted by molar-refractivity contribution is 0.280. The quantitative estimate of drug-likeness (QED) is 0.684. The molecule has 0 bridgehead atoms. The van der Waals surface area contributed by atoms with Gasteiger partial charge in [-0.2, -0.15) is 0 Å². The summed E-state index contributed by atoms with van der Waals surface area (Å²) < 4.78 is 0. The van der Waals surface area contributed by atoms with Gasteiger partial charge in [0.2, 0.25) is 0 Å². The Balaban J connectivity index is 2.34. The lowest BCUT2D eigenvalue weighted by Crippen LogP contribution is -2.32. The Kier molecular flexibility index (Phi) is 6.41. The second-order valence-electron chi connectivity index (χ2n) is 6.34. The Morgan fingerprint density at radius 1 is 1.00 bits per heavy atom. The second-order valence-corrected chi connectivity index (χ2v) is 6.34. The fourth-order valence-electron chi connectivity index (χ4n) is 2.87. The van der Waals surface area contributed by atoms with E-state index in [0.717, 1.165) is 17.8 Å². The summed E-state index contributed by atoms with van der Waals surface area (Å²) in [6.45, 7) is 10.5. The smallest absolute Gasteiger partial charge is 0.00104 e. The molecule has 1 unspecified atom stereocenters. The average molecular weight is 225 g/mol. The van der Waals surface area contributed by atoms with Gasteiger partial charge in [-0.05, 0) is 30.7 Å². The van der Waals surface area contributed by atoms with Crippen molar-refractivity contribution < 1.29 is 0 Å². The highest BCUT2D eigenvalue weighted by molar-refractivity contribution is 4.78. The summed E-state index contributed by atoms with van der Waals surface area (Å²) in [7, 11) is 0. The monoisotopic (exact) mass is 225 g/mol. The molecule has 0 heterocycles. The topological polar surface area (TPSA) is 12.0 Å². The lowest BCUT2D eigenvalue weighted by Gasteiger charge is -2.25. The molecule has 16 heavy (non-hydrogen) atoms. The zero-order chi connectivity index (χ0) is 12.0. The van der Waals surface area contributed by atoms with Crippen LogP contribution in [0.25, 0.3) is 0 Å². The van der Waals surface area contributed by atoms with E-state index in [2.05, 4.69) is 33.0 Å². The zero-order valence-electron chi connectivity index (χ0n) is 11.8. The molecule has 1 aliphatic carbocycles. The lowest BCUT2D eigenvalue weighted by atomic mass is 9.85. The normalized spacial score (nSPS) is 19.9. The maximum absolute atomic E-state index is 3.65. The molecular formula is C15H31N. The van der Waals surface area contributed by atoms with E-state index in [1.165, 1.54) is 45.1 Å². The van der Waals surface area contributed by atoms with Gasteiger partial charge in [-0.15, -0.1) is 0 Å². The summed E-state index contributed by atoms with van der Waals surface area (Å²) in [6, 6.07) is 0.642. The Labute approximate surface area is 102 Å². The molecule has 1 saturated carbocycles. The summed E-state index contributed by atoms with van der Waals surface area (Å²) in [5.41, 5.74) is 0. The van der Waals surface area contributed by atoms with Gasteiger partial charge in [-0.1, -0.05) is 59.8 Å². The minimum absolute atomic E-state index is 0.642. The third kappa shape index (κ3) is 5.34. The number of nitrogens with one attached hydrogen (secondary N) is 1. The molecule has 1 heteroatoms. The van der Waals surface area contributed by atoms with Crippen molar-refractivity contribution in [3.63, 3.8) is 0 Å². The van der Waals surface area contributed by atoms with Crippen LogP contribution in [0.15, 0.2) is 0 Å². The highest BCUT2D eigenvalue weighted by Gasteiger charge is 2.24. The number of rotatable bonds is 7. The third-order valence-electron chi connectivity index (χ3n) is 3.97. The Morgan fingerprint density at radius 2 is 1.62 bits per heavy atom. The molecule has 1 aliphatic rings. The Bertz CT molecular complexity index is 156. The zero-order valence-corrected chi connectivity index (χ0v) is 11.8. The van der Waals surface area contributed by atoms with Gasteiger partial charge >= 0.3 is 0 Å². The molecule has 0 radical (unpaired) electrons. The SMILES string of the molecule is CC(C)CCC(CNC(C)C)C1CCCC1. The average Bonchev–Trinajstić information content (AvgIpc) is 2.70. The van der Waals surface area contributed by atoms with Crippen LogP contribution in [0.3, 0.4) is 0 Å². The Morgan fingerprint density at radius 3 is 2.12 bits per heavy atom. The van der Waals surface area contributed by atoms with E-state index < -0.39 is 0 Å². The third-order valence-corrected chi connectivity index (χ3v) is 3.97. The summed E-state index contributed by atoms with van der Waals surface area (Å²) in [5.74, 6) is 2.82. The summed E-state index contributed by atoms with van der Waals surface area (Å²) in [4.78, 5) is 0. The van der Waals surface area contributed by atoms with Gasteiger partial charge in [0, 0.05) is 6.04 Å². The molecule has 1 fully saturated rings. The molecule has 0 aromatic carbocycles. The Hall–Kier alpha value is -0.0400. The van der Waals surface area contributed by atoms with Crippen molar-refractivity contribution in [2.45, 2.75) is 72.3 Å². The van der Waals surface area contributed by atoms with Crippen LogP contribution in [-0.2, 0) is 0 Å². The van der Waals surface area contributed by atoms with E-state index in [1.54, 1.807) is 0 Å². The molecule has 1 N–H and O–H groups in total. The summed E-state index contributed by atoms with van der Waals surface area (Å²) in [5, 5.41) is 3.65. The largest absolute Gasteiger partial charge is 0.314 e. The van der Waals surface area contributed by atoms with Crippen molar-refractivity contribution in [1.29, 1.82) is 0 Å². The van der Waals surface area contributed by atoms with Crippen molar-refractivity contribution in [2.24, 2.45) is 17.8 Å². The van der Waals surface area contributed by atoms with E-state index in [4.69, 9.17) is 0 Å². The van der Waals surface area contributed by atoms with Gasteiger partial charge in [0.15, 0.2) is 0 Å². The van der Waals surface area contributed by atoms with Gasteiger partial charge in [0.05, 0.1) is 0 Å². The van der Waals surface area contributed by atoms with Crippen LogP contribution in [0, 0.1) is 17.8 Å². The number of hydrogen-bond acceptors (Lipinski definition) is 1. The molecule has 1 rings (SSSR count). The first-order chi connectivity index (χ1) is 7.59. The molecule has 0 amide bonds. The highest BCUT2D eigenvalue weighted by atomic mass is 14.9. The predicted molar refractivity (Wildman–Crippen MR) is 72.7 cm³/mol. The van der Waals surface area contributed by atoms with Gasteiger partial charge < -0.3 is 5.32 Å².